The van der Waals surface area contributed by atoms with Crippen LogP contribution in [-0.2, 0) is 0 Å². The number of phenols is 1. The van der Waals surface area contributed by atoms with E-state index in [0.29, 0.717) is 5.56 Å². The van der Waals surface area contributed by atoms with Crippen molar-refractivity contribution in [3.8, 4) is 5.75 Å². The molecule has 112 valence electrons. The Labute approximate surface area is 120 Å². The van der Waals surface area contributed by atoms with Gasteiger partial charge in [-0.25, -0.2) is 4.39 Å². The Hall–Kier alpha value is -1.13. The zero-order chi connectivity index (χ0) is 14.5. The summed E-state index contributed by atoms with van der Waals surface area (Å²) in [6, 6.07) is 4.26. The zero-order valence-electron chi connectivity index (χ0n) is 12.4. The molecule has 0 spiro atoms. The number of piperidine rings is 1. The molecule has 1 saturated heterocycles. The molecule has 3 nitrogen and oxygen atoms in total. The maximum atomic E-state index is 13.3. The zero-order valence-corrected chi connectivity index (χ0v) is 12.4. The summed E-state index contributed by atoms with van der Waals surface area (Å²) >= 11 is 0. The minimum Gasteiger partial charge on any atom is -0.508 e. The molecule has 1 fully saturated rings. The fourth-order valence-electron chi connectivity index (χ4n) is 3.03. The van der Waals surface area contributed by atoms with Gasteiger partial charge in [-0.15, -0.1) is 0 Å². The largest absolute Gasteiger partial charge is 0.508 e. The van der Waals surface area contributed by atoms with Gasteiger partial charge in [-0.1, -0.05) is 0 Å². The number of hydrogen-bond donors (Lipinski definition) is 2. The highest BCUT2D eigenvalue weighted by atomic mass is 19.1. The summed E-state index contributed by atoms with van der Waals surface area (Å²) in [7, 11) is 1.99. The number of halogens is 1. The topological polar surface area (TPSA) is 35.5 Å². The summed E-state index contributed by atoms with van der Waals surface area (Å²) in [5.74, 6) is 0.691. The van der Waals surface area contributed by atoms with Crippen molar-refractivity contribution in [3.05, 3.63) is 29.6 Å². The highest BCUT2D eigenvalue weighted by molar-refractivity contribution is 5.35. The highest BCUT2D eigenvalue weighted by Gasteiger charge is 2.24. The Morgan fingerprint density at radius 2 is 2.10 bits per heavy atom. The van der Waals surface area contributed by atoms with Crippen LogP contribution in [0.4, 0.5) is 4.39 Å². The third-order valence-corrected chi connectivity index (χ3v) is 4.44. The molecular formula is C16H25FN2O. The normalized spacial score (nSPS) is 19.1. The number of benzene rings is 1. The van der Waals surface area contributed by atoms with Gasteiger partial charge in [-0.05, 0) is 77.0 Å². The molecule has 1 aliphatic rings. The molecule has 1 aromatic carbocycles. The van der Waals surface area contributed by atoms with E-state index in [9.17, 15) is 9.50 Å². The summed E-state index contributed by atoms with van der Waals surface area (Å²) in [5, 5.41) is 13.1. The lowest BCUT2D eigenvalue weighted by molar-refractivity contribution is 0.136. The molecule has 0 aliphatic carbocycles. The van der Waals surface area contributed by atoms with Crippen LogP contribution in [0, 0.1) is 11.7 Å². The second-order valence-electron chi connectivity index (χ2n) is 5.75. The van der Waals surface area contributed by atoms with Gasteiger partial charge in [0.25, 0.3) is 0 Å². The minimum absolute atomic E-state index is 0.0657. The van der Waals surface area contributed by atoms with Crippen molar-refractivity contribution >= 4 is 0 Å². The Morgan fingerprint density at radius 1 is 1.40 bits per heavy atom. The Kier molecular flexibility index (Phi) is 5.38. The van der Waals surface area contributed by atoms with Crippen LogP contribution < -0.4 is 5.32 Å². The molecule has 20 heavy (non-hydrogen) atoms. The Bertz CT molecular complexity index is 430. The highest BCUT2D eigenvalue weighted by Crippen LogP contribution is 2.32. The summed E-state index contributed by atoms with van der Waals surface area (Å²) in [4.78, 5) is 2.34. The van der Waals surface area contributed by atoms with Crippen molar-refractivity contribution in [1.82, 2.24) is 10.2 Å². The number of hydrogen-bond acceptors (Lipinski definition) is 3. The summed E-state index contributed by atoms with van der Waals surface area (Å²) in [6.07, 6.45) is 3.59. The van der Waals surface area contributed by atoms with Crippen molar-refractivity contribution in [1.29, 1.82) is 0 Å². The van der Waals surface area contributed by atoms with E-state index < -0.39 is 0 Å². The van der Waals surface area contributed by atoms with Crippen LogP contribution in [0.1, 0.15) is 37.8 Å². The first-order valence-electron chi connectivity index (χ1n) is 7.49. The van der Waals surface area contributed by atoms with Crippen LogP contribution in [0.5, 0.6) is 5.75 Å². The van der Waals surface area contributed by atoms with Gasteiger partial charge in [0.1, 0.15) is 11.6 Å². The van der Waals surface area contributed by atoms with E-state index in [0.717, 1.165) is 25.6 Å². The van der Waals surface area contributed by atoms with E-state index in [1.54, 1.807) is 0 Å². The van der Waals surface area contributed by atoms with Gasteiger partial charge < -0.3 is 10.4 Å². The SMILES string of the molecule is CNCCC1CCN(C(C)c2cc(F)ccc2O)CC1. The lowest BCUT2D eigenvalue weighted by Gasteiger charge is -2.36. The van der Waals surface area contributed by atoms with Gasteiger partial charge in [-0.2, -0.15) is 0 Å². The molecule has 2 rings (SSSR count). The standard InChI is InChI=1S/C16H25FN2O/c1-12(15-11-14(17)3-4-16(15)20)19-9-6-13(7-10-19)5-8-18-2/h3-4,11-13,18,20H,5-10H2,1-2H3. The Morgan fingerprint density at radius 3 is 2.75 bits per heavy atom. The average Bonchev–Trinajstić information content (AvgIpc) is 2.47. The molecule has 4 heteroatoms. The van der Waals surface area contributed by atoms with E-state index in [1.165, 1.54) is 37.5 Å². The van der Waals surface area contributed by atoms with Gasteiger partial charge in [0.15, 0.2) is 0 Å². The number of likely N-dealkylation sites (tertiary alicyclic amines) is 1. The lowest BCUT2D eigenvalue weighted by atomic mass is 9.92. The van der Waals surface area contributed by atoms with Crippen molar-refractivity contribution in [3.63, 3.8) is 0 Å². The molecule has 0 bridgehead atoms. The second kappa shape index (κ2) is 7.04. The first kappa shape index (κ1) is 15.3. The van der Waals surface area contributed by atoms with Crippen molar-refractivity contribution in [2.24, 2.45) is 5.92 Å². The van der Waals surface area contributed by atoms with Crippen LogP contribution in [0.15, 0.2) is 18.2 Å². The molecule has 1 aromatic rings. The van der Waals surface area contributed by atoms with Crippen LogP contribution >= 0.6 is 0 Å². The second-order valence-corrected chi connectivity index (χ2v) is 5.75. The third-order valence-electron chi connectivity index (χ3n) is 4.44. The number of aromatic hydroxyl groups is 1. The number of rotatable bonds is 5. The van der Waals surface area contributed by atoms with E-state index in [4.69, 9.17) is 0 Å². The predicted octanol–water partition coefficient (Wildman–Crippen LogP) is 2.91. The van der Waals surface area contributed by atoms with Gasteiger partial charge in [-0.3, -0.25) is 4.90 Å². The van der Waals surface area contributed by atoms with E-state index >= 15 is 0 Å². The summed E-state index contributed by atoms with van der Waals surface area (Å²) in [6.45, 7) is 5.16. The van der Waals surface area contributed by atoms with Gasteiger partial charge in [0, 0.05) is 11.6 Å². The number of phenolic OH excluding ortho intramolecular Hbond substituents is 1. The van der Waals surface area contributed by atoms with E-state index in [-0.39, 0.29) is 17.6 Å². The van der Waals surface area contributed by atoms with Gasteiger partial charge >= 0.3 is 0 Å². The maximum Gasteiger partial charge on any atom is 0.123 e. The molecule has 1 aliphatic heterocycles. The molecule has 0 amide bonds. The quantitative estimate of drug-likeness (QED) is 0.870. The maximum absolute atomic E-state index is 13.3. The monoisotopic (exact) mass is 280 g/mol. The smallest absolute Gasteiger partial charge is 0.123 e. The van der Waals surface area contributed by atoms with Gasteiger partial charge in [0.05, 0.1) is 0 Å². The molecule has 1 heterocycles. The predicted molar refractivity (Wildman–Crippen MR) is 79.3 cm³/mol. The minimum atomic E-state index is -0.284. The van der Waals surface area contributed by atoms with Crippen LogP contribution in [0.3, 0.4) is 0 Å². The molecule has 0 radical (unpaired) electrons. The third kappa shape index (κ3) is 3.70. The van der Waals surface area contributed by atoms with Crippen LogP contribution in [0.2, 0.25) is 0 Å². The molecule has 1 unspecified atom stereocenters. The summed E-state index contributed by atoms with van der Waals surface area (Å²) in [5.41, 5.74) is 0.693. The average molecular weight is 280 g/mol. The number of nitrogens with one attached hydrogen (secondary N) is 1. The fourth-order valence-corrected chi connectivity index (χ4v) is 3.03. The molecule has 1 atom stereocenters. The van der Waals surface area contributed by atoms with Crippen molar-refractivity contribution in [2.75, 3.05) is 26.7 Å². The number of nitrogens with zero attached hydrogens (tertiary/aromatic N) is 1. The first-order chi connectivity index (χ1) is 9.61. The Balaban J connectivity index is 1.94. The fraction of sp³-hybridized carbons (Fsp3) is 0.625. The lowest BCUT2D eigenvalue weighted by Crippen LogP contribution is -2.36. The van der Waals surface area contributed by atoms with Crippen LogP contribution in [-0.4, -0.2) is 36.7 Å². The van der Waals surface area contributed by atoms with Crippen molar-refractivity contribution < 1.29 is 9.50 Å². The molecular weight excluding hydrogens is 255 g/mol. The summed E-state index contributed by atoms with van der Waals surface area (Å²) < 4.78 is 13.3. The first-order valence-corrected chi connectivity index (χ1v) is 7.49. The molecule has 2 N–H and O–H groups in total. The molecule has 0 aromatic heterocycles. The van der Waals surface area contributed by atoms with Gasteiger partial charge in [0.2, 0.25) is 0 Å². The molecule has 0 saturated carbocycles. The van der Waals surface area contributed by atoms with Crippen molar-refractivity contribution in [2.45, 2.75) is 32.2 Å². The van der Waals surface area contributed by atoms with E-state index in [2.05, 4.69) is 10.2 Å². The van der Waals surface area contributed by atoms with E-state index in [1.807, 2.05) is 14.0 Å². The van der Waals surface area contributed by atoms with Crippen LogP contribution in [0.25, 0.3) is 0 Å².